The molecule has 23 heavy (non-hydrogen) atoms. The molecule has 0 heterocycles. The average Bonchev–Trinajstić information content (AvgIpc) is 2.54. The summed E-state index contributed by atoms with van der Waals surface area (Å²) in [5.41, 5.74) is 0. The van der Waals surface area contributed by atoms with Crippen LogP contribution in [0.5, 0.6) is 0 Å². The van der Waals surface area contributed by atoms with E-state index in [2.05, 4.69) is 27.7 Å². The van der Waals surface area contributed by atoms with Gasteiger partial charge in [-0.05, 0) is 0 Å². The minimum absolute atomic E-state index is 0. The van der Waals surface area contributed by atoms with Crippen LogP contribution < -0.4 is 0 Å². The van der Waals surface area contributed by atoms with Gasteiger partial charge in [-0.25, -0.2) is 0 Å². The summed E-state index contributed by atoms with van der Waals surface area (Å²) in [7, 11) is 0. The van der Waals surface area contributed by atoms with Crippen molar-refractivity contribution in [3.63, 3.8) is 0 Å². The molecule has 0 aliphatic heterocycles. The number of rotatable bonds is 16. The van der Waals surface area contributed by atoms with E-state index in [1.54, 1.807) is 0 Å². The van der Waals surface area contributed by atoms with Crippen molar-refractivity contribution >= 4 is 0 Å². The molecule has 0 aromatic rings. The number of hydrogen-bond donors (Lipinski definition) is 0. The molecular weight excluding hydrogens is 377 g/mol. The Morgan fingerprint density at radius 1 is 0.391 bits per heavy atom. The number of unbranched alkanes of at least 4 members (excludes halogenated alkanes) is 16. The quantitative estimate of drug-likeness (QED) is 0.132. The molecule has 0 unspecified atom stereocenters. The van der Waals surface area contributed by atoms with Crippen LogP contribution in [0.4, 0.5) is 0 Å². The first-order valence-corrected chi connectivity index (χ1v) is 10.4. The van der Waals surface area contributed by atoms with Gasteiger partial charge in [-0.3, -0.25) is 0 Å². The maximum atomic E-state index is 3.83. The third kappa shape index (κ3) is 35.0. The van der Waals surface area contributed by atoms with Gasteiger partial charge in [-0.15, -0.1) is 0 Å². The van der Waals surface area contributed by atoms with Crippen molar-refractivity contribution in [2.75, 3.05) is 0 Å². The van der Waals surface area contributed by atoms with Crippen LogP contribution in [0.1, 0.15) is 129 Å². The minimum atomic E-state index is 0. The molecule has 0 atom stereocenters. The van der Waals surface area contributed by atoms with E-state index in [1.807, 2.05) is 0 Å². The van der Waals surface area contributed by atoms with Crippen LogP contribution in [0.15, 0.2) is 0 Å². The number of hydrogen-bond acceptors (Lipinski definition) is 0. The minimum Gasteiger partial charge on any atom is -0.343 e. The smallest absolute Gasteiger partial charge is 0.343 e. The largest absolute Gasteiger partial charge is 2.00 e. The molecule has 0 rings (SSSR count). The normalized spacial score (nSPS) is 9.91. The van der Waals surface area contributed by atoms with Gasteiger partial charge < -0.3 is 13.8 Å². The van der Waals surface area contributed by atoms with Crippen LogP contribution in [0.2, 0.25) is 0 Å². The molecule has 0 bridgehead atoms. The molecule has 0 N–H and O–H groups in total. The second kappa shape index (κ2) is 30.8. The van der Waals surface area contributed by atoms with Gasteiger partial charge in [0.25, 0.3) is 0 Å². The van der Waals surface area contributed by atoms with Gasteiger partial charge in [0.1, 0.15) is 0 Å². The van der Waals surface area contributed by atoms with E-state index in [-0.39, 0.29) is 27.3 Å². The molecule has 1 heteroatoms. The standard InChI is InChI=1S/2C11H23.Cd/c2*1-3-5-7-9-11-10-8-6-4-2;/h2*1,3-11H2,2H3;/q2*-1;+2. The Bertz CT molecular complexity index is 122. The van der Waals surface area contributed by atoms with Crippen molar-refractivity contribution in [1.82, 2.24) is 0 Å². The zero-order valence-corrected chi connectivity index (χ0v) is 20.9. The Kier molecular flexibility index (Phi) is 38.4. The van der Waals surface area contributed by atoms with Crippen LogP contribution >= 0.6 is 0 Å². The van der Waals surface area contributed by atoms with Gasteiger partial charge in [0.05, 0.1) is 0 Å². The Morgan fingerprint density at radius 2 is 0.609 bits per heavy atom. The van der Waals surface area contributed by atoms with Crippen LogP contribution in [0.3, 0.4) is 0 Å². The Hall–Kier alpha value is 0.922. The van der Waals surface area contributed by atoms with Gasteiger partial charge in [0.2, 0.25) is 0 Å². The summed E-state index contributed by atoms with van der Waals surface area (Å²) in [6.07, 6.45) is 24.8. The summed E-state index contributed by atoms with van der Waals surface area (Å²) >= 11 is 0. The predicted molar refractivity (Wildman–Crippen MR) is 105 cm³/mol. The summed E-state index contributed by atoms with van der Waals surface area (Å²) in [6.45, 7) is 12.2. The maximum absolute atomic E-state index is 3.83. The fourth-order valence-corrected chi connectivity index (χ4v) is 2.62. The van der Waals surface area contributed by atoms with E-state index in [9.17, 15) is 0 Å². The summed E-state index contributed by atoms with van der Waals surface area (Å²) in [5, 5.41) is 0. The third-order valence-corrected chi connectivity index (χ3v) is 4.21. The van der Waals surface area contributed by atoms with Crippen LogP contribution in [0, 0.1) is 13.8 Å². The molecule has 0 nitrogen and oxygen atoms in total. The monoisotopic (exact) mass is 424 g/mol. The zero-order valence-electron chi connectivity index (χ0n) is 16.8. The van der Waals surface area contributed by atoms with E-state index in [4.69, 9.17) is 0 Å². The Morgan fingerprint density at radius 3 is 0.826 bits per heavy atom. The summed E-state index contributed by atoms with van der Waals surface area (Å²) < 4.78 is 0. The van der Waals surface area contributed by atoms with Gasteiger partial charge >= 0.3 is 27.3 Å². The van der Waals surface area contributed by atoms with E-state index in [1.165, 1.54) is 103 Å². The van der Waals surface area contributed by atoms with Crippen molar-refractivity contribution < 1.29 is 27.3 Å². The first-order chi connectivity index (χ1) is 10.8. The SMILES string of the molecule is [CH2-]CCCCCCCCCC.[CH2-]CCCCCCCCCC.[Cd+2]. The van der Waals surface area contributed by atoms with Gasteiger partial charge in [0, 0.05) is 0 Å². The van der Waals surface area contributed by atoms with Crippen molar-refractivity contribution in [3.05, 3.63) is 13.8 Å². The molecule has 0 aliphatic rings. The first-order valence-electron chi connectivity index (χ1n) is 10.4. The summed E-state index contributed by atoms with van der Waals surface area (Å²) in [4.78, 5) is 0. The molecule has 0 saturated heterocycles. The molecule has 0 spiro atoms. The van der Waals surface area contributed by atoms with Crippen molar-refractivity contribution in [2.24, 2.45) is 0 Å². The zero-order chi connectivity index (χ0) is 16.7. The second-order valence-corrected chi connectivity index (χ2v) is 6.66. The van der Waals surface area contributed by atoms with Gasteiger partial charge in [0.15, 0.2) is 0 Å². The Balaban J connectivity index is -0.000000333. The summed E-state index contributed by atoms with van der Waals surface area (Å²) in [5.74, 6) is 0. The molecule has 0 saturated carbocycles. The molecule has 0 aromatic carbocycles. The fourth-order valence-electron chi connectivity index (χ4n) is 2.62. The van der Waals surface area contributed by atoms with Crippen molar-refractivity contribution in [3.8, 4) is 0 Å². The average molecular weight is 423 g/mol. The third-order valence-electron chi connectivity index (χ3n) is 4.21. The molecule has 0 fully saturated rings. The van der Waals surface area contributed by atoms with Gasteiger partial charge in [-0.2, -0.15) is 12.8 Å². The Labute approximate surface area is 170 Å². The van der Waals surface area contributed by atoms with Crippen LogP contribution in [-0.2, 0) is 27.3 Å². The fraction of sp³-hybridized carbons (Fsp3) is 0.909. The topological polar surface area (TPSA) is 0 Å². The molecule has 0 aromatic heterocycles. The van der Waals surface area contributed by atoms with Crippen LogP contribution in [0.25, 0.3) is 0 Å². The molecule has 0 amide bonds. The maximum Gasteiger partial charge on any atom is 2.00 e. The van der Waals surface area contributed by atoms with Crippen molar-refractivity contribution in [2.45, 2.75) is 129 Å². The second-order valence-electron chi connectivity index (χ2n) is 6.66. The van der Waals surface area contributed by atoms with Gasteiger partial charge in [-0.1, -0.05) is 117 Å². The molecule has 136 valence electrons. The van der Waals surface area contributed by atoms with E-state index >= 15 is 0 Å². The first kappa shape index (κ1) is 28.7. The summed E-state index contributed by atoms with van der Waals surface area (Å²) in [6, 6.07) is 0. The van der Waals surface area contributed by atoms with E-state index < -0.39 is 0 Å². The molecule has 0 radical (unpaired) electrons. The van der Waals surface area contributed by atoms with Crippen LogP contribution in [-0.4, -0.2) is 0 Å². The van der Waals surface area contributed by atoms with E-state index in [0.29, 0.717) is 0 Å². The predicted octanol–water partition coefficient (Wildman–Crippen LogP) is 8.70. The van der Waals surface area contributed by atoms with E-state index in [0.717, 1.165) is 12.8 Å². The molecule has 0 aliphatic carbocycles. The molecular formula is C22H46Cd. The van der Waals surface area contributed by atoms with Crippen molar-refractivity contribution in [1.29, 1.82) is 0 Å².